The number of nitrogens with one attached hydrogen (secondary N) is 1. The number of benzene rings is 1. The Kier molecular flexibility index (Phi) is 5.28. The molecule has 0 aliphatic heterocycles. The average molecular weight is 401 g/mol. The van der Waals surface area contributed by atoms with E-state index in [4.69, 9.17) is 23.2 Å². The van der Waals surface area contributed by atoms with Crippen molar-refractivity contribution in [3.8, 4) is 11.3 Å². The van der Waals surface area contributed by atoms with Gasteiger partial charge >= 0.3 is 0 Å². The van der Waals surface area contributed by atoms with E-state index in [0.717, 1.165) is 10.5 Å². The lowest BCUT2D eigenvalue weighted by molar-refractivity contribution is 0.102. The molecule has 0 saturated heterocycles. The van der Waals surface area contributed by atoms with Gasteiger partial charge in [-0.2, -0.15) is 0 Å². The Bertz CT molecular complexity index is 843. The van der Waals surface area contributed by atoms with Gasteiger partial charge in [-0.1, -0.05) is 23.2 Å². The van der Waals surface area contributed by atoms with Gasteiger partial charge in [0.05, 0.1) is 10.0 Å². The first-order chi connectivity index (χ1) is 11.1. The molecular weight excluding hydrogens is 391 g/mol. The van der Waals surface area contributed by atoms with Crippen molar-refractivity contribution in [1.82, 2.24) is 4.98 Å². The third-order valence-electron chi connectivity index (χ3n) is 3.01. The first kappa shape index (κ1) is 16.8. The smallest absolute Gasteiger partial charge is 0.257 e. The molecule has 1 amide bonds. The Labute approximate surface area is 155 Å². The number of carbonyl (C=O) groups is 1. The van der Waals surface area contributed by atoms with Crippen LogP contribution in [0.25, 0.3) is 11.3 Å². The summed E-state index contributed by atoms with van der Waals surface area (Å²) in [6.07, 6.45) is 1.99. The lowest BCUT2D eigenvalue weighted by Crippen LogP contribution is -2.11. The maximum Gasteiger partial charge on any atom is 0.257 e. The van der Waals surface area contributed by atoms with Gasteiger partial charge < -0.3 is 0 Å². The normalized spacial score (nSPS) is 10.7. The molecule has 0 radical (unpaired) electrons. The summed E-state index contributed by atoms with van der Waals surface area (Å²) < 4.78 is 1.20. The monoisotopic (exact) mass is 400 g/mol. The predicted octanol–water partition coefficient (Wildman–Crippen LogP) is 6.15. The van der Waals surface area contributed by atoms with Crippen molar-refractivity contribution in [2.24, 2.45) is 0 Å². The summed E-state index contributed by atoms with van der Waals surface area (Å²) in [7, 11) is 0. The van der Waals surface area contributed by atoms with Crippen molar-refractivity contribution in [2.45, 2.75) is 4.90 Å². The number of thiophene rings is 1. The molecule has 0 fully saturated rings. The number of halogens is 2. The van der Waals surface area contributed by atoms with Gasteiger partial charge in [0, 0.05) is 21.4 Å². The Morgan fingerprint density at radius 1 is 1.26 bits per heavy atom. The van der Waals surface area contributed by atoms with Crippen molar-refractivity contribution < 1.29 is 4.79 Å². The van der Waals surface area contributed by atoms with Gasteiger partial charge in [0.2, 0.25) is 0 Å². The quantitative estimate of drug-likeness (QED) is 0.533. The van der Waals surface area contributed by atoms with Crippen LogP contribution in [0.5, 0.6) is 0 Å². The highest BCUT2D eigenvalue weighted by molar-refractivity contribution is 7.98. The van der Waals surface area contributed by atoms with Crippen LogP contribution >= 0.6 is 57.6 Å². The molecule has 0 bridgehead atoms. The van der Waals surface area contributed by atoms with E-state index in [1.807, 2.05) is 23.8 Å². The van der Waals surface area contributed by atoms with E-state index in [-0.39, 0.29) is 5.91 Å². The number of nitrogens with zero attached hydrogens (tertiary/aromatic N) is 1. The van der Waals surface area contributed by atoms with Crippen LogP contribution in [0.4, 0.5) is 5.13 Å². The summed E-state index contributed by atoms with van der Waals surface area (Å²) >= 11 is 16.4. The zero-order valence-corrected chi connectivity index (χ0v) is 15.8. The van der Waals surface area contributed by atoms with Gasteiger partial charge in [-0.3, -0.25) is 10.1 Å². The molecule has 1 N–H and O–H groups in total. The zero-order valence-electron chi connectivity index (χ0n) is 11.8. The summed E-state index contributed by atoms with van der Waals surface area (Å²) in [5, 5.41) is 5.17. The molecule has 23 heavy (non-hydrogen) atoms. The molecule has 8 heteroatoms. The van der Waals surface area contributed by atoms with E-state index in [0.29, 0.717) is 25.1 Å². The van der Waals surface area contributed by atoms with Crippen LogP contribution < -0.4 is 5.32 Å². The molecule has 3 aromatic rings. The van der Waals surface area contributed by atoms with E-state index in [9.17, 15) is 4.79 Å². The summed E-state index contributed by atoms with van der Waals surface area (Å²) in [5.74, 6) is -0.187. The molecule has 1 aromatic carbocycles. The highest BCUT2D eigenvalue weighted by Gasteiger charge is 2.14. The van der Waals surface area contributed by atoms with E-state index in [2.05, 4.69) is 10.3 Å². The highest BCUT2D eigenvalue weighted by Crippen LogP contribution is 2.39. The van der Waals surface area contributed by atoms with Gasteiger partial charge in [-0.05, 0) is 36.6 Å². The fourth-order valence-electron chi connectivity index (χ4n) is 1.88. The largest absolute Gasteiger partial charge is 0.298 e. The number of anilines is 1. The van der Waals surface area contributed by atoms with Gasteiger partial charge in [0.15, 0.2) is 5.13 Å². The second-order valence-electron chi connectivity index (χ2n) is 4.46. The zero-order chi connectivity index (χ0) is 16.4. The molecule has 3 nitrogen and oxygen atoms in total. The van der Waals surface area contributed by atoms with Crippen molar-refractivity contribution in [3.05, 3.63) is 49.9 Å². The number of thioether (sulfide) groups is 1. The summed E-state index contributed by atoms with van der Waals surface area (Å²) in [6, 6.07) is 9.20. The van der Waals surface area contributed by atoms with Crippen LogP contribution in [0.1, 0.15) is 10.4 Å². The van der Waals surface area contributed by atoms with Crippen molar-refractivity contribution in [3.63, 3.8) is 0 Å². The summed E-state index contributed by atoms with van der Waals surface area (Å²) in [6.45, 7) is 0. The predicted molar refractivity (Wildman–Crippen MR) is 102 cm³/mol. The van der Waals surface area contributed by atoms with Crippen molar-refractivity contribution >= 4 is 68.7 Å². The van der Waals surface area contributed by atoms with Crippen LogP contribution in [0.2, 0.25) is 8.67 Å². The third kappa shape index (κ3) is 3.89. The second kappa shape index (κ2) is 7.23. The van der Waals surface area contributed by atoms with E-state index >= 15 is 0 Å². The lowest BCUT2D eigenvalue weighted by atomic mass is 10.2. The van der Waals surface area contributed by atoms with Crippen molar-refractivity contribution in [2.75, 3.05) is 11.6 Å². The van der Waals surface area contributed by atoms with Crippen LogP contribution in [0.3, 0.4) is 0 Å². The minimum Gasteiger partial charge on any atom is -0.298 e. The minimum atomic E-state index is -0.187. The molecule has 0 aliphatic carbocycles. The minimum absolute atomic E-state index is 0.187. The molecule has 2 heterocycles. The first-order valence-electron chi connectivity index (χ1n) is 6.43. The van der Waals surface area contributed by atoms with Crippen LogP contribution in [0.15, 0.2) is 40.6 Å². The number of hydrogen-bond acceptors (Lipinski definition) is 5. The molecule has 0 spiro atoms. The SMILES string of the molecule is CSc1ccc(C(=O)Nc2nc(-c3cc(Cl)sc3Cl)cs2)cc1. The number of amides is 1. The summed E-state index contributed by atoms with van der Waals surface area (Å²) in [5.41, 5.74) is 2.08. The fourth-order valence-corrected chi connectivity index (χ4v) is 4.48. The standard InChI is InChI=1S/C15H10Cl2N2OS3/c1-21-9-4-2-8(3-5-9)14(20)19-15-18-11(7-22-15)10-6-12(16)23-13(10)17/h2-7H,1H3,(H,18,19,20). The Morgan fingerprint density at radius 3 is 2.61 bits per heavy atom. The van der Waals surface area contributed by atoms with E-state index < -0.39 is 0 Å². The number of thiazole rings is 1. The molecule has 0 atom stereocenters. The van der Waals surface area contributed by atoms with Gasteiger partial charge in [-0.15, -0.1) is 34.4 Å². The van der Waals surface area contributed by atoms with Crippen LogP contribution in [-0.2, 0) is 0 Å². The first-order valence-corrected chi connectivity index (χ1v) is 10.1. The molecule has 0 aliphatic rings. The number of aromatic nitrogens is 1. The molecule has 0 unspecified atom stereocenters. The average Bonchev–Trinajstić information content (AvgIpc) is 3.13. The highest BCUT2D eigenvalue weighted by atomic mass is 35.5. The number of rotatable bonds is 4. The number of carbonyl (C=O) groups excluding carboxylic acids is 1. The lowest BCUT2D eigenvalue weighted by Gasteiger charge is -2.02. The summed E-state index contributed by atoms with van der Waals surface area (Å²) in [4.78, 5) is 17.7. The molecule has 3 rings (SSSR count). The van der Waals surface area contributed by atoms with E-state index in [1.165, 1.54) is 22.7 Å². The Balaban J connectivity index is 1.75. The third-order valence-corrected chi connectivity index (χ3v) is 6.00. The van der Waals surface area contributed by atoms with Gasteiger partial charge in [0.25, 0.3) is 5.91 Å². The Morgan fingerprint density at radius 2 is 2.00 bits per heavy atom. The fraction of sp³-hybridized carbons (Fsp3) is 0.0667. The topological polar surface area (TPSA) is 42.0 Å². The van der Waals surface area contributed by atoms with Crippen LogP contribution in [-0.4, -0.2) is 17.1 Å². The molecule has 118 valence electrons. The maximum atomic E-state index is 12.2. The van der Waals surface area contributed by atoms with Gasteiger partial charge in [-0.25, -0.2) is 4.98 Å². The van der Waals surface area contributed by atoms with Crippen molar-refractivity contribution in [1.29, 1.82) is 0 Å². The second-order valence-corrected chi connectivity index (χ2v) is 8.48. The molecular formula is C15H10Cl2N2OS3. The molecule has 0 saturated carbocycles. The van der Waals surface area contributed by atoms with Gasteiger partial charge in [0.1, 0.15) is 4.34 Å². The molecule has 2 aromatic heterocycles. The maximum absolute atomic E-state index is 12.2. The van der Waals surface area contributed by atoms with E-state index in [1.54, 1.807) is 30.0 Å². The Hall–Kier alpha value is -1.05. The number of hydrogen-bond donors (Lipinski definition) is 1. The van der Waals surface area contributed by atoms with Crippen LogP contribution in [0, 0.1) is 0 Å².